The molecule has 0 fully saturated rings. The van der Waals surface area contributed by atoms with Crippen LogP contribution in [0.3, 0.4) is 0 Å². The Labute approximate surface area is 96.5 Å². The number of anilines is 1. The minimum atomic E-state index is 0.269. The molecular weight excluding hydrogens is 204 g/mol. The summed E-state index contributed by atoms with van der Waals surface area (Å²) < 4.78 is 0. The third-order valence-corrected chi connectivity index (χ3v) is 2.57. The van der Waals surface area contributed by atoms with E-state index in [1.165, 1.54) is 0 Å². The molecule has 1 aromatic heterocycles. The van der Waals surface area contributed by atoms with Crippen molar-refractivity contribution in [3.8, 4) is 0 Å². The lowest BCUT2D eigenvalue weighted by atomic mass is 10.2. The lowest BCUT2D eigenvalue weighted by Gasteiger charge is -2.16. The van der Waals surface area contributed by atoms with Crippen LogP contribution in [0, 0.1) is 13.8 Å². The highest BCUT2D eigenvalue weighted by Crippen LogP contribution is 2.07. The largest absolute Gasteiger partial charge is 0.396 e. The molecule has 1 aromatic rings. The van der Waals surface area contributed by atoms with Crippen molar-refractivity contribution in [2.45, 2.75) is 33.1 Å². The first-order valence-electron chi connectivity index (χ1n) is 5.65. The standard InChI is InChI=1S/C11H20N4O/c1-9-10(2)13-14-11(12-9)15(3)7-5-4-6-8-16/h16H,4-8H2,1-3H3. The van der Waals surface area contributed by atoms with Crippen molar-refractivity contribution in [1.29, 1.82) is 0 Å². The van der Waals surface area contributed by atoms with Crippen molar-refractivity contribution in [3.63, 3.8) is 0 Å². The SMILES string of the molecule is Cc1nnc(N(C)CCCCCO)nc1C. The number of hydrogen-bond acceptors (Lipinski definition) is 5. The van der Waals surface area contributed by atoms with Crippen LogP contribution in [0.1, 0.15) is 30.7 Å². The summed E-state index contributed by atoms with van der Waals surface area (Å²) in [6, 6.07) is 0. The number of rotatable bonds is 6. The molecule has 1 heterocycles. The van der Waals surface area contributed by atoms with Crippen molar-refractivity contribution in [1.82, 2.24) is 15.2 Å². The van der Waals surface area contributed by atoms with E-state index in [1.54, 1.807) is 0 Å². The van der Waals surface area contributed by atoms with Gasteiger partial charge < -0.3 is 10.0 Å². The third-order valence-electron chi connectivity index (χ3n) is 2.57. The Hall–Kier alpha value is -1.23. The molecule has 0 aliphatic heterocycles. The summed E-state index contributed by atoms with van der Waals surface area (Å²) in [7, 11) is 1.96. The highest BCUT2D eigenvalue weighted by atomic mass is 16.2. The first-order chi connectivity index (χ1) is 7.65. The monoisotopic (exact) mass is 224 g/mol. The van der Waals surface area contributed by atoms with Gasteiger partial charge in [0.15, 0.2) is 0 Å². The average molecular weight is 224 g/mol. The Bertz CT molecular complexity index is 330. The molecule has 0 aliphatic carbocycles. The third kappa shape index (κ3) is 3.73. The molecule has 0 spiro atoms. The van der Waals surface area contributed by atoms with Crippen molar-refractivity contribution in [2.75, 3.05) is 25.1 Å². The van der Waals surface area contributed by atoms with E-state index in [4.69, 9.17) is 5.11 Å². The Morgan fingerprint density at radius 2 is 1.81 bits per heavy atom. The molecule has 0 saturated carbocycles. The maximum absolute atomic E-state index is 8.67. The second-order valence-electron chi connectivity index (χ2n) is 3.99. The van der Waals surface area contributed by atoms with Crippen LogP contribution in [0.25, 0.3) is 0 Å². The topological polar surface area (TPSA) is 62.1 Å². The lowest BCUT2D eigenvalue weighted by Crippen LogP contribution is -2.22. The molecule has 1 rings (SSSR count). The fourth-order valence-corrected chi connectivity index (χ4v) is 1.34. The second-order valence-corrected chi connectivity index (χ2v) is 3.99. The summed E-state index contributed by atoms with van der Waals surface area (Å²) in [5, 5.41) is 16.8. The van der Waals surface area contributed by atoms with Crippen LogP contribution in [0.2, 0.25) is 0 Å². The number of nitrogens with zero attached hydrogens (tertiary/aromatic N) is 4. The van der Waals surface area contributed by atoms with Crippen LogP contribution >= 0.6 is 0 Å². The second kappa shape index (κ2) is 6.37. The molecule has 1 N–H and O–H groups in total. The van der Waals surface area contributed by atoms with Gasteiger partial charge in [0.2, 0.25) is 5.95 Å². The molecular formula is C11H20N4O. The quantitative estimate of drug-likeness (QED) is 0.733. The van der Waals surface area contributed by atoms with Gasteiger partial charge in [-0.1, -0.05) is 0 Å². The zero-order chi connectivity index (χ0) is 12.0. The average Bonchev–Trinajstić information content (AvgIpc) is 2.28. The van der Waals surface area contributed by atoms with E-state index in [0.717, 1.165) is 37.2 Å². The van der Waals surface area contributed by atoms with Gasteiger partial charge in [-0.2, -0.15) is 5.10 Å². The van der Waals surface area contributed by atoms with Gasteiger partial charge in [0.1, 0.15) is 0 Å². The van der Waals surface area contributed by atoms with E-state index in [0.29, 0.717) is 5.95 Å². The minimum Gasteiger partial charge on any atom is -0.396 e. The number of aliphatic hydroxyl groups excluding tert-OH is 1. The van der Waals surface area contributed by atoms with E-state index >= 15 is 0 Å². The van der Waals surface area contributed by atoms with E-state index in [-0.39, 0.29) is 6.61 Å². The number of aliphatic hydroxyl groups is 1. The predicted octanol–water partition coefficient (Wildman–Crippen LogP) is 1.09. The van der Waals surface area contributed by atoms with E-state index in [2.05, 4.69) is 15.2 Å². The first-order valence-corrected chi connectivity index (χ1v) is 5.65. The first kappa shape index (κ1) is 12.8. The van der Waals surface area contributed by atoms with Crippen LogP contribution in [0.15, 0.2) is 0 Å². The van der Waals surface area contributed by atoms with E-state index < -0.39 is 0 Å². The summed E-state index contributed by atoms with van der Waals surface area (Å²) in [4.78, 5) is 6.37. The normalized spacial score (nSPS) is 10.5. The van der Waals surface area contributed by atoms with Crippen molar-refractivity contribution >= 4 is 5.95 Å². The zero-order valence-electron chi connectivity index (χ0n) is 10.3. The van der Waals surface area contributed by atoms with Crippen LogP contribution in [-0.4, -0.2) is 40.5 Å². The summed E-state index contributed by atoms with van der Waals surface area (Å²) in [5.41, 5.74) is 1.80. The van der Waals surface area contributed by atoms with Crippen molar-refractivity contribution in [2.24, 2.45) is 0 Å². The Morgan fingerprint density at radius 3 is 2.44 bits per heavy atom. The van der Waals surface area contributed by atoms with Gasteiger partial charge in [-0.15, -0.1) is 5.10 Å². The molecule has 0 bridgehead atoms. The van der Waals surface area contributed by atoms with Crippen LogP contribution < -0.4 is 4.90 Å². The fourth-order valence-electron chi connectivity index (χ4n) is 1.34. The van der Waals surface area contributed by atoms with E-state index in [9.17, 15) is 0 Å². The van der Waals surface area contributed by atoms with Crippen LogP contribution in [0.5, 0.6) is 0 Å². The zero-order valence-corrected chi connectivity index (χ0v) is 10.3. The highest BCUT2D eigenvalue weighted by molar-refractivity contribution is 5.27. The van der Waals surface area contributed by atoms with Gasteiger partial charge in [0.25, 0.3) is 0 Å². The highest BCUT2D eigenvalue weighted by Gasteiger charge is 2.06. The number of aromatic nitrogens is 3. The van der Waals surface area contributed by atoms with Crippen molar-refractivity contribution < 1.29 is 5.11 Å². The van der Waals surface area contributed by atoms with Crippen molar-refractivity contribution in [3.05, 3.63) is 11.4 Å². The predicted molar refractivity (Wildman–Crippen MR) is 63.5 cm³/mol. The Kier molecular flexibility index (Phi) is 5.11. The summed E-state index contributed by atoms with van der Waals surface area (Å²) in [5.74, 6) is 0.673. The summed E-state index contributed by atoms with van der Waals surface area (Å²) in [6.07, 6.45) is 2.92. The van der Waals surface area contributed by atoms with Gasteiger partial charge in [-0.3, -0.25) is 0 Å². The minimum absolute atomic E-state index is 0.269. The van der Waals surface area contributed by atoms with Gasteiger partial charge in [0.05, 0.1) is 11.4 Å². The molecule has 5 nitrogen and oxygen atoms in total. The van der Waals surface area contributed by atoms with Crippen LogP contribution in [0.4, 0.5) is 5.95 Å². The number of aryl methyl sites for hydroxylation is 2. The Balaban J connectivity index is 2.46. The van der Waals surface area contributed by atoms with E-state index in [1.807, 2.05) is 25.8 Å². The molecule has 0 atom stereocenters. The smallest absolute Gasteiger partial charge is 0.245 e. The molecule has 0 aromatic carbocycles. The van der Waals surface area contributed by atoms with Gasteiger partial charge in [-0.25, -0.2) is 4.98 Å². The molecule has 0 radical (unpaired) electrons. The molecule has 0 amide bonds. The molecule has 16 heavy (non-hydrogen) atoms. The molecule has 90 valence electrons. The van der Waals surface area contributed by atoms with Gasteiger partial charge >= 0.3 is 0 Å². The lowest BCUT2D eigenvalue weighted by molar-refractivity contribution is 0.283. The molecule has 0 unspecified atom stereocenters. The Morgan fingerprint density at radius 1 is 1.06 bits per heavy atom. The van der Waals surface area contributed by atoms with Gasteiger partial charge in [0, 0.05) is 20.2 Å². The summed E-state index contributed by atoms with van der Waals surface area (Å²) >= 11 is 0. The fraction of sp³-hybridized carbons (Fsp3) is 0.727. The number of hydrogen-bond donors (Lipinski definition) is 1. The van der Waals surface area contributed by atoms with Crippen LogP contribution in [-0.2, 0) is 0 Å². The molecule has 5 heteroatoms. The molecule has 0 saturated heterocycles. The summed E-state index contributed by atoms with van der Waals surface area (Å²) in [6.45, 7) is 5.00. The number of unbranched alkanes of at least 4 members (excludes halogenated alkanes) is 2. The maximum Gasteiger partial charge on any atom is 0.245 e. The maximum atomic E-state index is 8.67. The molecule has 0 aliphatic rings. The van der Waals surface area contributed by atoms with Gasteiger partial charge in [-0.05, 0) is 33.1 Å².